The number of carbonyl (C=O) groups excluding carboxylic acids is 1. The van der Waals surface area contributed by atoms with Gasteiger partial charge >= 0.3 is 11.9 Å². The molecule has 3 rings (SSSR count). The highest BCUT2D eigenvalue weighted by Gasteiger charge is 2.42. The topological polar surface area (TPSA) is 132 Å². The number of carboxylic acid groups (broad SMARTS) is 2. The summed E-state index contributed by atoms with van der Waals surface area (Å²) in [4.78, 5) is 38.7. The monoisotopic (exact) mass is 387 g/mol. The first-order valence-electron chi connectivity index (χ1n) is 9.47. The van der Waals surface area contributed by atoms with Crippen LogP contribution in [0.1, 0.15) is 37.7 Å². The molecule has 8 heteroatoms. The van der Waals surface area contributed by atoms with Crippen molar-refractivity contribution in [1.29, 1.82) is 0 Å². The van der Waals surface area contributed by atoms with Crippen LogP contribution < -0.4 is 10.6 Å². The van der Waals surface area contributed by atoms with Crippen molar-refractivity contribution in [2.75, 3.05) is 6.54 Å². The van der Waals surface area contributed by atoms with Gasteiger partial charge in [0.05, 0.1) is 5.54 Å². The molecule has 150 valence electrons. The number of H-pyrrole nitrogens is 1. The number of hydrogen-bond acceptors (Lipinski definition) is 4. The first-order valence-corrected chi connectivity index (χ1v) is 9.47. The fourth-order valence-electron chi connectivity index (χ4n) is 3.97. The lowest BCUT2D eigenvalue weighted by atomic mass is 9.80. The van der Waals surface area contributed by atoms with E-state index in [1.165, 1.54) is 0 Å². The van der Waals surface area contributed by atoms with Crippen LogP contribution in [0.4, 0.5) is 0 Å². The van der Waals surface area contributed by atoms with E-state index in [1.54, 1.807) is 6.20 Å². The van der Waals surface area contributed by atoms with Crippen LogP contribution in [0.5, 0.6) is 0 Å². The first kappa shape index (κ1) is 19.9. The third kappa shape index (κ3) is 4.33. The molecule has 5 N–H and O–H groups in total. The second kappa shape index (κ2) is 8.43. The fourth-order valence-corrected chi connectivity index (χ4v) is 3.97. The Morgan fingerprint density at radius 1 is 1.11 bits per heavy atom. The van der Waals surface area contributed by atoms with Crippen molar-refractivity contribution in [3.05, 3.63) is 36.0 Å². The maximum atomic E-state index is 12.8. The smallest absolute Gasteiger partial charge is 0.322 e. The lowest BCUT2D eigenvalue weighted by Gasteiger charge is -2.38. The Morgan fingerprint density at radius 3 is 2.50 bits per heavy atom. The van der Waals surface area contributed by atoms with Crippen molar-refractivity contribution >= 4 is 28.7 Å². The minimum Gasteiger partial charge on any atom is -0.480 e. The quantitative estimate of drug-likeness (QED) is 0.468. The third-order valence-electron chi connectivity index (χ3n) is 5.39. The normalized spacial score (nSPS) is 17.1. The average Bonchev–Trinajstić information content (AvgIpc) is 3.09. The molecule has 1 aliphatic rings. The van der Waals surface area contributed by atoms with Crippen LogP contribution in [0.15, 0.2) is 30.5 Å². The van der Waals surface area contributed by atoms with Crippen LogP contribution in [-0.2, 0) is 20.8 Å². The van der Waals surface area contributed by atoms with Gasteiger partial charge in [0.2, 0.25) is 5.91 Å². The van der Waals surface area contributed by atoms with Crippen LogP contribution >= 0.6 is 0 Å². The zero-order chi connectivity index (χ0) is 20.1. The van der Waals surface area contributed by atoms with Crippen LogP contribution in [-0.4, -0.2) is 51.2 Å². The second-order valence-electron chi connectivity index (χ2n) is 7.32. The standard InChI is InChI=1S/C20H25N3O5/c24-17(25)12-22-19(28)20(8-4-1-5-9-20)23-16(18(26)27)10-13-11-21-15-7-3-2-6-14(13)15/h2-3,6-7,11,16,21,23H,1,4-5,8-10,12H2,(H,22,28)(H,24,25)(H,26,27)/t16-/m0/s1. The largest absolute Gasteiger partial charge is 0.480 e. The van der Waals surface area contributed by atoms with E-state index in [2.05, 4.69) is 15.6 Å². The Morgan fingerprint density at radius 2 is 1.82 bits per heavy atom. The van der Waals surface area contributed by atoms with Crippen LogP contribution in [0.2, 0.25) is 0 Å². The van der Waals surface area contributed by atoms with Crippen molar-refractivity contribution < 1.29 is 24.6 Å². The maximum Gasteiger partial charge on any atom is 0.322 e. The zero-order valence-corrected chi connectivity index (χ0v) is 15.5. The van der Waals surface area contributed by atoms with E-state index in [0.29, 0.717) is 12.8 Å². The fraction of sp³-hybridized carbons (Fsp3) is 0.450. The minimum absolute atomic E-state index is 0.216. The minimum atomic E-state index is -1.13. The molecular weight excluding hydrogens is 362 g/mol. The maximum absolute atomic E-state index is 12.8. The molecule has 1 aromatic heterocycles. The molecule has 1 heterocycles. The molecule has 1 amide bonds. The van der Waals surface area contributed by atoms with E-state index in [-0.39, 0.29) is 6.42 Å². The highest BCUT2D eigenvalue weighted by molar-refractivity contribution is 5.90. The van der Waals surface area contributed by atoms with Crippen LogP contribution in [0.25, 0.3) is 10.9 Å². The molecule has 1 saturated carbocycles. The molecule has 1 atom stereocenters. The van der Waals surface area contributed by atoms with E-state index in [9.17, 15) is 19.5 Å². The molecule has 0 bridgehead atoms. The van der Waals surface area contributed by atoms with Gasteiger partial charge in [-0.3, -0.25) is 19.7 Å². The number of carboxylic acids is 2. The Hall–Kier alpha value is -2.87. The van der Waals surface area contributed by atoms with Gasteiger partial charge in [-0.1, -0.05) is 37.5 Å². The predicted octanol–water partition coefficient (Wildman–Crippen LogP) is 1.66. The number of nitrogens with one attached hydrogen (secondary N) is 3. The number of carbonyl (C=O) groups is 3. The molecule has 0 unspecified atom stereocenters. The number of hydrogen-bond donors (Lipinski definition) is 5. The number of amides is 1. The van der Waals surface area contributed by atoms with Crippen molar-refractivity contribution in [2.45, 2.75) is 50.1 Å². The number of benzene rings is 1. The summed E-state index contributed by atoms with van der Waals surface area (Å²) in [5.74, 6) is -2.62. The van der Waals surface area contributed by atoms with E-state index in [1.807, 2.05) is 24.3 Å². The van der Waals surface area contributed by atoms with Crippen molar-refractivity contribution in [2.24, 2.45) is 0 Å². The molecule has 0 aliphatic heterocycles. The van der Waals surface area contributed by atoms with Gasteiger partial charge in [0.25, 0.3) is 0 Å². The van der Waals surface area contributed by atoms with Gasteiger partial charge in [-0.2, -0.15) is 0 Å². The predicted molar refractivity (Wildman–Crippen MR) is 103 cm³/mol. The zero-order valence-electron chi connectivity index (χ0n) is 15.5. The molecule has 1 fully saturated rings. The van der Waals surface area contributed by atoms with E-state index in [4.69, 9.17) is 5.11 Å². The highest BCUT2D eigenvalue weighted by atomic mass is 16.4. The molecule has 0 saturated heterocycles. The van der Waals surface area contributed by atoms with Gasteiger partial charge in [-0.15, -0.1) is 0 Å². The van der Waals surface area contributed by atoms with Gasteiger partial charge < -0.3 is 20.5 Å². The van der Waals surface area contributed by atoms with Gasteiger partial charge in [0.1, 0.15) is 12.6 Å². The van der Waals surface area contributed by atoms with Crippen molar-refractivity contribution in [3.63, 3.8) is 0 Å². The summed E-state index contributed by atoms with van der Waals surface area (Å²) in [5.41, 5.74) is 0.712. The van der Waals surface area contributed by atoms with Gasteiger partial charge in [-0.25, -0.2) is 0 Å². The molecule has 8 nitrogen and oxygen atoms in total. The summed E-state index contributed by atoms with van der Waals surface area (Å²) in [6.45, 7) is -0.484. The molecule has 1 aromatic carbocycles. The summed E-state index contributed by atoms with van der Waals surface area (Å²) in [6.07, 6.45) is 5.51. The van der Waals surface area contributed by atoms with E-state index < -0.39 is 36.0 Å². The molecular formula is C20H25N3O5. The van der Waals surface area contributed by atoms with Crippen LogP contribution in [0.3, 0.4) is 0 Å². The highest BCUT2D eigenvalue weighted by Crippen LogP contribution is 2.30. The summed E-state index contributed by atoms with van der Waals surface area (Å²) in [5, 5.41) is 25.1. The molecule has 2 aromatic rings. The van der Waals surface area contributed by atoms with E-state index >= 15 is 0 Å². The Kier molecular flexibility index (Phi) is 5.99. The third-order valence-corrected chi connectivity index (χ3v) is 5.39. The summed E-state index contributed by atoms with van der Waals surface area (Å²) < 4.78 is 0. The number of para-hydroxylation sites is 1. The number of aromatic amines is 1. The Bertz CT molecular complexity index is 870. The van der Waals surface area contributed by atoms with Crippen molar-refractivity contribution in [3.8, 4) is 0 Å². The number of aliphatic carboxylic acids is 2. The number of rotatable bonds is 8. The summed E-state index contributed by atoms with van der Waals surface area (Å²) in [6, 6.07) is 6.68. The Balaban J connectivity index is 1.82. The van der Waals surface area contributed by atoms with Crippen LogP contribution in [0, 0.1) is 0 Å². The molecule has 28 heavy (non-hydrogen) atoms. The summed E-state index contributed by atoms with van der Waals surface area (Å²) >= 11 is 0. The van der Waals surface area contributed by atoms with E-state index in [0.717, 1.165) is 35.7 Å². The van der Waals surface area contributed by atoms with Crippen molar-refractivity contribution in [1.82, 2.24) is 15.6 Å². The lowest BCUT2D eigenvalue weighted by molar-refractivity contribution is -0.143. The lowest BCUT2D eigenvalue weighted by Crippen LogP contribution is -2.63. The van der Waals surface area contributed by atoms with Gasteiger partial charge in [0, 0.05) is 23.5 Å². The van der Waals surface area contributed by atoms with Gasteiger partial charge in [0.15, 0.2) is 0 Å². The SMILES string of the molecule is O=C(O)CNC(=O)C1(N[C@@H](Cc2c[nH]c3ccccc23)C(=O)O)CCCCC1. The Labute approximate surface area is 162 Å². The first-order chi connectivity index (χ1) is 13.4. The molecule has 1 aliphatic carbocycles. The number of fused-ring (bicyclic) bond motifs is 1. The molecule has 0 spiro atoms. The molecule has 0 radical (unpaired) electrons. The second-order valence-corrected chi connectivity index (χ2v) is 7.32. The van der Waals surface area contributed by atoms with Gasteiger partial charge in [-0.05, 0) is 24.5 Å². The summed E-state index contributed by atoms with van der Waals surface area (Å²) in [7, 11) is 0. The average molecular weight is 387 g/mol. The number of aromatic nitrogens is 1.